The van der Waals surface area contributed by atoms with Gasteiger partial charge < -0.3 is 10.6 Å². The van der Waals surface area contributed by atoms with Gasteiger partial charge in [0.15, 0.2) is 5.96 Å². The number of nitrogens with zero attached hydrogens (tertiary/aromatic N) is 3. The average Bonchev–Trinajstić information content (AvgIpc) is 3.20. The fraction of sp³-hybridized carbons (Fsp3) is 0.545. The standard InChI is InChI=1S/C22H33N5OS/c1-3-23-22(26-20-11-8-12-21(13-20)29(28)4-2)24-14-19-15-25-27(17-19)16-18-9-6-5-7-10-18/h5-7,9-10,15,17,20-21H,3-4,8,11-14,16H2,1-2H3,(H2,23,24,26). The van der Waals surface area contributed by atoms with Crippen molar-refractivity contribution in [1.82, 2.24) is 20.4 Å². The summed E-state index contributed by atoms with van der Waals surface area (Å²) < 4.78 is 14.1. The number of guanidine groups is 1. The van der Waals surface area contributed by atoms with Crippen LogP contribution in [0.2, 0.25) is 0 Å². The Morgan fingerprint density at radius 1 is 1.24 bits per heavy atom. The lowest BCUT2D eigenvalue weighted by molar-refractivity contribution is 0.413. The molecule has 0 saturated heterocycles. The van der Waals surface area contributed by atoms with Crippen molar-refractivity contribution in [1.29, 1.82) is 0 Å². The summed E-state index contributed by atoms with van der Waals surface area (Å²) in [5, 5.41) is 11.7. The average molecular weight is 416 g/mol. The van der Waals surface area contributed by atoms with Gasteiger partial charge in [-0.3, -0.25) is 8.89 Å². The Labute approximate surface area is 176 Å². The molecule has 3 rings (SSSR count). The maximum Gasteiger partial charge on any atom is 0.191 e. The van der Waals surface area contributed by atoms with Crippen molar-refractivity contribution in [3.63, 3.8) is 0 Å². The van der Waals surface area contributed by atoms with Gasteiger partial charge in [0.2, 0.25) is 0 Å². The molecule has 0 amide bonds. The van der Waals surface area contributed by atoms with Crippen LogP contribution in [0.5, 0.6) is 0 Å². The van der Waals surface area contributed by atoms with Crippen LogP contribution >= 0.6 is 0 Å². The normalized spacial score (nSPS) is 21.0. The summed E-state index contributed by atoms with van der Waals surface area (Å²) in [5.41, 5.74) is 2.32. The van der Waals surface area contributed by atoms with E-state index in [4.69, 9.17) is 4.99 Å². The molecular weight excluding hydrogens is 382 g/mol. The highest BCUT2D eigenvalue weighted by molar-refractivity contribution is 7.85. The Kier molecular flexibility index (Phi) is 8.28. The lowest BCUT2D eigenvalue weighted by Crippen LogP contribution is -2.46. The molecular formula is C22H33N5OS. The Hall–Kier alpha value is -2.15. The lowest BCUT2D eigenvalue weighted by atomic mass is 9.95. The van der Waals surface area contributed by atoms with Gasteiger partial charge in [-0.1, -0.05) is 43.7 Å². The zero-order valence-corrected chi connectivity index (χ0v) is 18.3. The van der Waals surface area contributed by atoms with E-state index in [2.05, 4.69) is 41.0 Å². The van der Waals surface area contributed by atoms with Crippen LogP contribution in [0.15, 0.2) is 47.7 Å². The van der Waals surface area contributed by atoms with Crippen LogP contribution in [0.1, 0.15) is 50.7 Å². The summed E-state index contributed by atoms with van der Waals surface area (Å²) in [7, 11) is -0.712. The number of nitrogens with one attached hydrogen (secondary N) is 2. The molecule has 1 aliphatic carbocycles. The van der Waals surface area contributed by atoms with Gasteiger partial charge in [-0.2, -0.15) is 5.10 Å². The van der Waals surface area contributed by atoms with Crippen LogP contribution in [0.4, 0.5) is 0 Å². The van der Waals surface area contributed by atoms with Crippen LogP contribution in [0.3, 0.4) is 0 Å². The number of benzene rings is 1. The molecule has 3 unspecified atom stereocenters. The number of hydrogen-bond acceptors (Lipinski definition) is 3. The molecule has 3 atom stereocenters. The van der Waals surface area contributed by atoms with E-state index in [1.807, 2.05) is 36.0 Å². The fourth-order valence-corrected chi connectivity index (χ4v) is 5.13. The zero-order valence-electron chi connectivity index (χ0n) is 17.5. The molecule has 29 heavy (non-hydrogen) atoms. The molecule has 1 aromatic carbocycles. The van der Waals surface area contributed by atoms with E-state index >= 15 is 0 Å². The van der Waals surface area contributed by atoms with Gasteiger partial charge in [-0.25, -0.2) is 4.99 Å². The van der Waals surface area contributed by atoms with Crippen LogP contribution in [-0.2, 0) is 23.9 Å². The highest BCUT2D eigenvalue weighted by Gasteiger charge is 2.26. The summed E-state index contributed by atoms with van der Waals surface area (Å²) in [4.78, 5) is 4.75. The van der Waals surface area contributed by atoms with E-state index < -0.39 is 10.8 Å². The van der Waals surface area contributed by atoms with E-state index in [-0.39, 0.29) is 0 Å². The minimum Gasteiger partial charge on any atom is -0.357 e. The van der Waals surface area contributed by atoms with E-state index in [9.17, 15) is 4.21 Å². The van der Waals surface area contributed by atoms with E-state index in [1.54, 1.807) is 0 Å². The Bertz CT molecular complexity index is 805. The second-order valence-corrected chi connectivity index (χ2v) is 9.53. The van der Waals surface area contributed by atoms with Crippen molar-refractivity contribution in [2.75, 3.05) is 12.3 Å². The minimum atomic E-state index is -0.712. The first-order valence-corrected chi connectivity index (χ1v) is 12.0. The van der Waals surface area contributed by atoms with Gasteiger partial charge in [0.1, 0.15) is 0 Å². The maximum atomic E-state index is 12.2. The van der Waals surface area contributed by atoms with Crippen LogP contribution in [-0.4, -0.2) is 43.5 Å². The second kappa shape index (κ2) is 11.1. The topological polar surface area (TPSA) is 71.3 Å². The number of aliphatic imine (C=N–C) groups is 1. The molecule has 0 bridgehead atoms. The summed E-state index contributed by atoms with van der Waals surface area (Å²) >= 11 is 0. The SMILES string of the molecule is CCNC(=NCc1cnn(Cc2ccccc2)c1)NC1CCCC(S(=O)CC)C1. The second-order valence-electron chi connectivity index (χ2n) is 7.53. The third-order valence-electron chi connectivity index (χ3n) is 5.26. The van der Waals surface area contributed by atoms with Crippen molar-refractivity contribution in [3.8, 4) is 0 Å². The first kappa shape index (κ1) is 21.6. The van der Waals surface area contributed by atoms with Crippen molar-refractivity contribution in [3.05, 3.63) is 53.9 Å². The predicted molar refractivity (Wildman–Crippen MR) is 120 cm³/mol. The zero-order chi connectivity index (χ0) is 20.5. The van der Waals surface area contributed by atoms with Gasteiger partial charge >= 0.3 is 0 Å². The van der Waals surface area contributed by atoms with Gasteiger partial charge in [0.05, 0.1) is 19.3 Å². The van der Waals surface area contributed by atoms with E-state index in [1.165, 1.54) is 5.56 Å². The molecule has 0 aliphatic heterocycles. The summed E-state index contributed by atoms with van der Waals surface area (Å²) in [6.45, 7) is 6.25. The van der Waals surface area contributed by atoms with Crippen molar-refractivity contribution in [2.45, 2.75) is 63.9 Å². The van der Waals surface area contributed by atoms with E-state index in [0.29, 0.717) is 17.8 Å². The van der Waals surface area contributed by atoms with Crippen molar-refractivity contribution >= 4 is 16.8 Å². The molecule has 0 spiro atoms. The molecule has 1 aliphatic rings. The largest absolute Gasteiger partial charge is 0.357 e. The number of hydrogen-bond donors (Lipinski definition) is 2. The quantitative estimate of drug-likeness (QED) is 0.513. The third kappa shape index (κ3) is 6.70. The number of rotatable bonds is 8. The molecule has 1 fully saturated rings. The summed E-state index contributed by atoms with van der Waals surface area (Å²) in [5.74, 6) is 1.58. The first-order valence-electron chi connectivity index (χ1n) is 10.6. The first-order chi connectivity index (χ1) is 14.2. The summed E-state index contributed by atoms with van der Waals surface area (Å²) in [6.07, 6.45) is 8.21. The highest BCUT2D eigenvalue weighted by Crippen LogP contribution is 2.23. The monoisotopic (exact) mass is 415 g/mol. The predicted octanol–water partition coefficient (Wildman–Crippen LogP) is 3.07. The van der Waals surface area contributed by atoms with Gasteiger partial charge in [-0.15, -0.1) is 0 Å². The van der Waals surface area contributed by atoms with Crippen LogP contribution < -0.4 is 10.6 Å². The lowest BCUT2D eigenvalue weighted by Gasteiger charge is -2.30. The minimum absolute atomic E-state index is 0.311. The molecule has 1 aromatic heterocycles. The fourth-order valence-electron chi connectivity index (χ4n) is 3.78. The molecule has 158 valence electrons. The van der Waals surface area contributed by atoms with E-state index in [0.717, 1.165) is 56.0 Å². The molecule has 6 nitrogen and oxygen atoms in total. The molecule has 1 heterocycles. The van der Waals surface area contributed by atoms with Crippen molar-refractivity contribution < 1.29 is 4.21 Å². The maximum absolute atomic E-state index is 12.2. The van der Waals surface area contributed by atoms with Gasteiger partial charge in [-0.05, 0) is 31.7 Å². The molecule has 1 saturated carbocycles. The van der Waals surface area contributed by atoms with Gasteiger partial charge in [0.25, 0.3) is 0 Å². The Morgan fingerprint density at radius 2 is 2.07 bits per heavy atom. The third-order valence-corrected chi connectivity index (χ3v) is 7.00. The highest BCUT2D eigenvalue weighted by atomic mass is 32.2. The molecule has 7 heteroatoms. The van der Waals surface area contributed by atoms with Crippen LogP contribution in [0.25, 0.3) is 0 Å². The number of aromatic nitrogens is 2. The van der Waals surface area contributed by atoms with Crippen molar-refractivity contribution in [2.24, 2.45) is 4.99 Å². The molecule has 2 N–H and O–H groups in total. The Morgan fingerprint density at radius 3 is 2.83 bits per heavy atom. The van der Waals surface area contributed by atoms with Gasteiger partial charge in [0, 0.05) is 46.1 Å². The summed E-state index contributed by atoms with van der Waals surface area (Å²) in [6, 6.07) is 10.7. The smallest absolute Gasteiger partial charge is 0.191 e. The molecule has 0 radical (unpaired) electrons. The Balaban J connectivity index is 1.57. The van der Waals surface area contributed by atoms with Crippen LogP contribution in [0, 0.1) is 0 Å². The molecule has 2 aromatic rings.